The first-order chi connectivity index (χ1) is 11.7. The molecule has 0 bridgehead atoms. The maximum Gasteiger partial charge on any atom is 0.242 e. The van der Waals surface area contributed by atoms with Gasteiger partial charge < -0.3 is 10.6 Å². The van der Waals surface area contributed by atoms with E-state index in [4.69, 9.17) is 0 Å². The number of nitrogens with zero attached hydrogens (tertiary/aromatic N) is 1. The Morgan fingerprint density at radius 2 is 1.92 bits per heavy atom. The zero-order valence-electron chi connectivity index (χ0n) is 15.5. The molecule has 1 aliphatic carbocycles. The minimum atomic E-state index is -3.52. The Kier molecular flexibility index (Phi) is 6.59. The number of rotatable bonds is 6. The number of nitrogens with one attached hydrogen (secondary N) is 2. The third-order valence-corrected chi connectivity index (χ3v) is 6.66. The summed E-state index contributed by atoms with van der Waals surface area (Å²) >= 11 is 0. The van der Waals surface area contributed by atoms with E-state index in [1.165, 1.54) is 45.5 Å². The van der Waals surface area contributed by atoms with E-state index in [1.807, 2.05) is 6.92 Å². The van der Waals surface area contributed by atoms with Gasteiger partial charge in [0, 0.05) is 25.8 Å². The number of anilines is 1. The highest BCUT2D eigenvalue weighted by atomic mass is 32.2. The summed E-state index contributed by atoms with van der Waals surface area (Å²) < 4.78 is 25.6. The number of amides is 1. The normalized spacial score (nSPS) is 22.6. The molecule has 0 spiro atoms. The van der Waals surface area contributed by atoms with Crippen molar-refractivity contribution in [2.24, 2.45) is 5.92 Å². The largest absolute Gasteiger partial charge is 0.325 e. The van der Waals surface area contributed by atoms with E-state index in [-0.39, 0.29) is 16.8 Å². The number of hydrogen-bond donors (Lipinski definition) is 2. The zero-order valence-corrected chi connectivity index (χ0v) is 16.3. The molecule has 1 fully saturated rings. The van der Waals surface area contributed by atoms with Crippen LogP contribution in [0, 0.1) is 5.92 Å². The van der Waals surface area contributed by atoms with E-state index in [0.29, 0.717) is 17.6 Å². The minimum Gasteiger partial charge on any atom is -0.325 e. The van der Waals surface area contributed by atoms with Crippen LogP contribution >= 0.6 is 0 Å². The SMILES string of the molecule is C[C@H](N[C@@H]1CCCC[C@H]1C)C(=O)Nc1cccc(S(=O)(=O)N(C)C)c1. The molecule has 0 radical (unpaired) electrons. The van der Waals surface area contributed by atoms with Crippen LogP contribution in [0.15, 0.2) is 29.2 Å². The number of carbonyl (C=O) groups excluding carboxylic acids is 1. The van der Waals surface area contributed by atoms with Gasteiger partial charge in [-0.1, -0.05) is 25.8 Å². The van der Waals surface area contributed by atoms with Gasteiger partial charge in [0.15, 0.2) is 0 Å². The van der Waals surface area contributed by atoms with Crippen LogP contribution in [-0.2, 0) is 14.8 Å². The molecule has 0 saturated heterocycles. The van der Waals surface area contributed by atoms with Gasteiger partial charge in [-0.3, -0.25) is 4.79 Å². The van der Waals surface area contributed by atoms with E-state index in [2.05, 4.69) is 17.6 Å². The van der Waals surface area contributed by atoms with Crippen LogP contribution < -0.4 is 10.6 Å². The smallest absolute Gasteiger partial charge is 0.242 e. The van der Waals surface area contributed by atoms with Crippen molar-refractivity contribution in [3.05, 3.63) is 24.3 Å². The molecule has 0 heterocycles. The summed E-state index contributed by atoms with van der Waals surface area (Å²) in [6.07, 6.45) is 4.74. The zero-order chi connectivity index (χ0) is 18.6. The minimum absolute atomic E-state index is 0.155. The lowest BCUT2D eigenvalue weighted by Gasteiger charge is -2.31. The van der Waals surface area contributed by atoms with Crippen molar-refractivity contribution in [3.8, 4) is 0 Å². The number of benzene rings is 1. The second-order valence-corrected chi connectivity index (χ2v) is 9.21. The van der Waals surface area contributed by atoms with Crippen molar-refractivity contribution in [2.75, 3.05) is 19.4 Å². The van der Waals surface area contributed by atoms with Crippen molar-refractivity contribution in [3.63, 3.8) is 0 Å². The molecule has 1 amide bonds. The van der Waals surface area contributed by atoms with Crippen LogP contribution in [-0.4, -0.2) is 44.8 Å². The van der Waals surface area contributed by atoms with E-state index in [1.54, 1.807) is 12.1 Å². The van der Waals surface area contributed by atoms with Gasteiger partial charge in [0.25, 0.3) is 0 Å². The predicted octanol–water partition coefficient (Wildman–Crippen LogP) is 2.43. The maximum absolute atomic E-state index is 12.5. The summed E-state index contributed by atoms with van der Waals surface area (Å²) in [5, 5.41) is 6.23. The van der Waals surface area contributed by atoms with Crippen molar-refractivity contribution in [1.29, 1.82) is 0 Å². The van der Waals surface area contributed by atoms with E-state index in [9.17, 15) is 13.2 Å². The van der Waals surface area contributed by atoms with Crippen molar-refractivity contribution in [2.45, 2.75) is 56.5 Å². The third kappa shape index (κ3) is 5.03. The predicted molar refractivity (Wildman–Crippen MR) is 100.0 cm³/mol. The fraction of sp³-hybridized carbons (Fsp3) is 0.611. The molecule has 1 aromatic rings. The van der Waals surface area contributed by atoms with Gasteiger partial charge in [-0.2, -0.15) is 0 Å². The molecule has 1 aliphatic rings. The Morgan fingerprint density at radius 3 is 2.56 bits per heavy atom. The summed E-state index contributed by atoms with van der Waals surface area (Å²) in [6, 6.07) is 6.37. The monoisotopic (exact) mass is 367 g/mol. The summed E-state index contributed by atoms with van der Waals surface area (Å²) in [6.45, 7) is 4.06. The lowest BCUT2D eigenvalue weighted by atomic mass is 9.85. The molecule has 2 rings (SSSR count). The van der Waals surface area contributed by atoms with Gasteiger partial charge in [0.1, 0.15) is 0 Å². The van der Waals surface area contributed by atoms with Gasteiger partial charge >= 0.3 is 0 Å². The van der Waals surface area contributed by atoms with E-state index < -0.39 is 10.0 Å². The van der Waals surface area contributed by atoms with Crippen LogP contribution in [0.1, 0.15) is 39.5 Å². The number of sulfonamides is 1. The molecule has 0 unspecified atom stereocenters. The second-order valence-electron chi connectivity index (χ2n) is 7.06. The first-order valence-corrected chi connectivity index (χ1v) is 10.3. The Morgan fingerprint density at radius 1 is 1.24 bits per heavy atom. The van der Waals surface area contributed by atoms with Gasteiger partial charge in [0.05, 0.1) is 10.9 Å². The molecule has 1 saturated carbocycles. The maximum atomic E-state index is 12.5. The molecule has 0 aliphatic heterocycles. The second kappa shape index (κ2) is 8.29. The Bertz CT molecular complexity index is 703. The quantitative estimate of drug-likeness (QED) is 0.809. The van der Waals surface area contributed by atoms with Gasteiger partial charge in [-0.25, -0.2) is 12.7 Å². The first kappa shape index (κ1) is 19.9. The van der Waals surface area contributed by atoms with E-state index >= 15 is 0 Å². The molecule has 140 valence electrons. The molecule has 3 atom stereocenters. The van der Waals surface area contributed by atoms with Crippen LogP contribution in [0.4, 0.5) is 5.69 Å². The molecular formula is C18H29N3O3S. The Hall–Kier alpha value is -1.44. The molecule has 0 aromatic heterocycles. The fourth-order valence-corrected chi connectivity index (χ4v) is 4.10. The van der Waals surface area contributed by atoms with Crippen molar-refractivity contribution in [1.82, 2.24) is 9.62 Å². The summed E-state index contributed by atoms with van der Waals surface area (Å²) in [5.41, 5.74) is 0.485. The highest BCUT2D eigenvalue weighted by molar-refractivity contribution is 7.89. The van der Waals surface area contributed by atoms with Crippen LogP contribution in [0.2, 0.25) is 0 Å². The Balaban J connectivity index is 2.02. The lowest BCUT2D eigenvalue weighted by Crippen LogP contribution is -2.47. The van der Waals surface area contributed by atoms with Crippen LogP contribution in [0.3, 0.4) is 0 Å². The average molecular weight is 368 g/mol. The highest BCUT2D eigenvalue weighted by Crippen LogP contribution is 2.24. The summed E-state index contributed by atoms with van der Waals surface area (Å²) in [7, 11) is -0.551. The van der Waals surface area contributed by atoms with Crippen molar-refractivity contribution < 1.29 is 13.2 Å². The molecule has 2 N–H and O–H groups in total. The highest BCUT2D eigenvalue weighted by Gasteiger charge is 2.25. The number of hydrogen-bond acceptors (Lipinski definition) is 4. The van der Waals surface area contributed by atoms with Gasteiger partial charge in [-0.05, 0) is 43.9 Å². The molecule has 7 heteroatoms. The molecule has 1 aromatic carbocycles. The lowest BCUT2D eigenvalue weighted by molar-refractivity contribution is -0.118. The topological polar surface area (TPSA) is 78.5 Å². The summed E-state index contributed by atoms with van der Waals surface area (Å²) in [4.78, 5) is 12.6. The summed E-state index contributed by atoms with van der Waals surface area (Å²) in [5.74, 6) is 0.412. The fourth-order valence-electron chi connectivity index (χ4n) is 3.16. The number of carbonyl (C=O) groups is 1. The average Bonchev–Trinajstić information content (AvgIpc) is 2.57. The van der Waals surface area contributed by atoms with Gasteiger partial charge in [0.2, 0.25) is 15.9 Å². The van der Waals surface area contributed by atoms with Crippen LogP contribution in [0.25, 0.3) is 0 Å². The molecule has 25 heavy (non-hydrogen) atoms. The first-order valence-electron chi connectivity index (χ1n) is 8.81. The molecule has 6 nitrogen and oxygen atoms in total. The Labute approximate surface area is 151 Å². The molecular weight excluding hydrogens is 338 g/mol. The van der Waals surface area contributed by atoms with Gasteiger partial charge in [-0.15, -0.1) is 0 Å². The van der Waals surface area contributed by atoms with Crippen molar-refractivity contribution >= 4 is 21.6 Å². The standard InChI is InChI=1S/C18H29N3O3S/c1-13-8-5-6-11-17(13)19-14(2)18(22)20-15-9-7-10-16(12-15)25(23,24)21(3)4/h7,9-10,12-14,17,19H,5-6,8,11H2,1-4H3,(H,20,22)/t13-,14+,17-/m1/s1. The van der Waals surface area contributed by atoms with Crippen LogP contribution in [0.5, 0.6) is 0 Å². The third-order valence-electron chi connectivity index (χ3n) is 4.85. The van der Waals surface area contributed by atoms with E-state index in [0.717, 1.165) is 10.7 Å².